The number of ether oxygens (including phenoxy) is 1. The van der Waals surface area contributed by atoms with Crippen molar-refractivity contribution in [2.45, 2.75) is 5.54 Å². The summed E-state index contributed by atoms with van der Waals surface area (Å²) in [6, 6.07) is 42.7. The molecule has 5 nitrogen and oxygen atoms in total. The Kier molecular flexibility index (Phi) is 6.16. The molecular formula is C33H26N4O. The molecule has 0 saturated carbocycles. The minimum Gasteiger partial charge on any atom is -0.438 e. The summed E-state index contributed by atoms with van der Waals surface area (Å²) in [6.07, 6.45) is 5.65. The topological polar surface area (TPSA) is 66.0 Å². The summed E-state index contributed by atoms with van der Waals surface area (Å²) in [4.78, 5) is 4.53. The van der Waals surface area contributed by atoms with E-state index in [0.717, 1.165) is 27.8 Å². The highest BCUT2D eigenvalue weighted by molar-refractivity contribution is 5.68. The molecule has 0 saturated heterocycles. The van der Waals surface area contributed by atoms with Crippen LogP contribution in [0.15, 0.2) is 146 Å². The molecule has 38 heavy (non-hydrogen) atoms. The molecule has 2 N–H and O–H groups in total. The van der Waals surface area contributed by atoms with Gasteiger partial charge in [0.1, 0.15) is 11.3 Å². The van der Waals surface area contributed by atoms with Crippen LogP contribution in [-0.4, -0.2) is 14.8 Å². The van der Waals surface area contributed by atoms with Gasteiger partial charge in [0, 0.05) is 35.3 Å². The Balaban J connectivity index is 1.54. The first-order valence-corrected chi connectivity index (χ1v) is 12.5. The number of pyridine rings is 1. The van der Waals surface area contributed by atoms with Gasteiger partial charge in [-0.05, 0) is 41.0 Å². The van der Waals surface area contributed by atoms with E-state index in [-0.39, 0.29) is 0 Å². The average molecular weight is 495 g/mol. The fourth-order valence-corrected chi connectivity index (χ4v) is 4.96. The first-order valence-electron chi connectivity index (χ1n) is 12.5. The van der Waals surface area contributed by atoms with Crippen LogP contribution in [-0.2, 0) is 5.54 Å². The van der Waals surface area contributed by atoms with Crippen molar-refractivity contribution in [1.29, 1.82) is 0 Å². The van der Waals surface area contributed by atoms with Crippen molar-refractivity contribution in [1.82, 2.24) is 14.8 Å². The molecule has 0 fully saturated rings. The SMILES string of the molecule is Nc1cccc(Oc2ncccc2-c2cnn(C(c3ccccc3)(c3ccccc3)c3ccccc3)c2)c1. The first-order chi connectivity index (χ1) is 18.7. The number of hydrogen-bond acceptors (Lipinski definition) is 4. The molecule has 4 aromatic carbocycles. The minimum atomic E-state index is -0.695. The summed E-state index contributed by atoms with van der Waals surface area (Å²) in [5.41, 5.74) is 10.9. The molecule has 6 aromatic rings. The van der Waals surface area contributed by atoms with Gasteiger partial charge >= 0.3 is 0 Å². The molecule has 0 aliphatic rings. The second-order valence-electron chi connectivity index (χ2n) is 9.01. The van der Waals surface area contributed by atoms with Crippen LogP contribution >= 0.6 is 0 Å². The fourth-order valence-electron chi connectivity index (χ4n) is 4.96. The molecule has 0 amide bonds. The van der Waals surface area contributed by atoms with Crippen molar-refractivity contribution in [3.05, 3.63) is 163 Å². The fraction of sp³-hybridized carbons (Fsp3) is 0.0303. The zero-order chi connectivity index (χ0) is 25.8. The summed E-state index contributed by atoms with van der Waals surface area (Å²) >= 11 is 0. The highest BCUT2D eigenvalue weighted by atomic mass is 16.5. The monoisotopic (exact) mass is 494 g/mol. The minimum absolute atomic E-state index is 0.488. The lowest BCUT2D eigenvalue weighted by atomic mass is 9.77. The van der Waals surface area contributed by atoms with Gasteiger partial charge < -0.3 is 10.5 Å². The van der Waals surface area contributed by atoms with E-state index in [9.17, 15) is 0 Å². The van der Waals surface area contributed by atoms with Crippen molar-refractivity contribution >= 4 is 5.69 Å². The van der Waals surface area contributed by atoms with E-state index in [1.807, 2.05) is 59.4 Å². The lowest BCUT2D eigenvalue weighted by molar-refractivity contribution is 0.459. The third-order valence-corrected chi connectivity index (χ3v) is 6.66. The van der Waals surface area contributed by atoms with Gasteiger partial charge in [0.05, 0.1) is 6.20 Å². The van der Waals surface area contributed by atoms with Crippen molar-refractivity contribution in [3.8, 4) is 22.8 Å². The molecule has 2 aromatic heterocycles. The van der Waals surface area contributed by atoms with E-state index in [4.69, 9.17) is 15.6 Å². The number of aromatic nitrogens is 3. The summed E-state index contributed by atoms with van der Waals surface area (Å²) in [5, 5.41) is 4.97. The number of rotatable bonds is 7. The Hall–Kier alpha value is -5.16. The number of nitrogens with zero attached hydrogens (tertiary/aromatic N) is 3. The Morgan fingerprint density at radius 3 is 1.84 bits per heavy atom. The summed E-state index contributed by atoms with van der Waals surface area (Å²) in [5.74, 6) is 1.12. The van der Waals surface area contributed by atoms with Crippen LogP contribution in [0, 0.1) is 0 Å². The van der Waals surface area contributed by atoms with E-state index < -0.39 is 5.54 Å². The van der Waals surface area contributed by atoms with Gasteiger partial charge in [0.25, 0.3) is 0 Å². The van der Waals surface area contributed by atoms with Crippen LogP contribution < -0.4 is 10.5 Å². The van der Waals surface area contributed by atoms with Gasteiger partial charge in [0.2, 0.25) is 5.88 Å². The van der Waals surface area contributed by atoms with Crippen LogP contribution in [0.25, 0.3) is 11.1 Å². The van der Waals surface area contributed by atoms with Gasteiger partial charge in [-0.25, -0.2) is 4.98 Å². The Labute approximate surface area is 221 Å². The summed E-state index contributed by atoms with van der Waals surface area (Å²) in [7, 11) is 0. The van der Waals surface area contributed by atoms with Crippen LogP contribution in [0.5, 0.6) is 11.6 Å². The van der Waals surface area contributed by atoms with Gasteiger partial charge in [-0.2, -0.15) is 5.10 Å². The molecule has 0 atom stereocenters. The van der Waals surface area contributed by atoms with Gasteiger partial charge in [-0.1, -0.05) is 97.1 Å². The molecule has 0 unspecified atom stereocenters. The molecule has 0 bridgehead atoms. The smallest absolute Gasteiger partial charge is 0.227 e. The lowest BCUT2D eigenvalue weighted by Gasteiger charge is -2.36. The number of nitrogens with two attached hydrogens (primary N) is 1. The van der Waals surface area contributed by atoms with Crippen LogP contribution in [0.4, 0.5) is 5.69 Å². The summed E-state index contributed by atoms with van der Waals surface area (Å²) in [6.45, 7) is 0. The van der Waals surface area contributed by atoms with E-state index >= 15 is 0 Å². The highest BCUT2D eigenvalue weighted by Crippen LogP contribution is 2.41. The third-order valence-electron chi connectivity index (χ3n) is 6.66. The molecule has 5 heteroatoms. The Morgan fingerprint density at radius 2 is 1.26 bits per heavy atom. The molecule has 6 rings (SSSR count). The maximum atomic E-state index is 6.17. The standard InChI is InChI=1S/C33H26N4O/c34-29-18-10-19-30(22-29)38-32-31(20-11-21-35-32)25-23-36-37(24-25)33(26-12-4-1-5-13-26,27-14-6-2-7-15-27)28-16-8-3-9-17-28/h1-24H,34H2. The quantitative estimate of drug-likeness (QED) is 0.189. The predicted molar refractivity (Wildman–Crippen MR) is 151 cm³/mol. The zero-order valence-electron chi connectivity index (χ0n) is 20.7. The molecule has 184 valence electrons. The highest BCUT2D eigenvalue weighted by Gasteiger charge is 2.39. The van der Waals surface area contributed by atoms with Crippen molar-refractivity contribution < 1.29 is 4.74 Å². The van der Waals surface area contributed by atoms with Crippen molar-refractivity contribution in [3.63, 3.8) is 0 Å². The number of hydrogen-bond donors (Lipinski definition) is 1. The van der Waals surface area contributed by atoms with Crippen LogP contribution in [0.2, 0.25) is 0 Å². The van der Waals surface area contributed by atoms with Crippen molar-refractivity contribution in [2.75, 3.05) is 5.73 Å². The second-order valence-corrected chi connectivity index (χ2v) is 9.01. The number of benzene rings is 4. The van der Waals surface area contributed by atoms with Gasteiger partial charge in [0.15, 0.2) is 0 Å². The second kappa shape index (κ2) is 10.1. The number of anilines is 1. The molecule has 0 aliphatic heterocycles. The van der Waals surface area contributed by atoms with Gasteiger partial charge in [-0.3, -0.25) is 4.68 Å². The molecule has 2 heterocycles. The van der Waals surface area contributed by atoms with Crippen molar-refractivity contribution in [2.24, 2.45) is 0 Å². The largest absolute Gasteiger partial charge is 0.438 e. The number of nitrogen functional groups attached to an aromatic ring is 1. The Morgan fingerprint density at radius 1 is 0.658 bits per heavy atom. The molecule has 0 aliphatic carbocycles. The molecule has 0 spiro atoms. The normalized spacial score (nSPS) is 11.3. The van der Waals surface area contributed by atoms with E-state index in [1.165, 1.54) is 0 Å². The Bertz CT molecular complexity index is 1550. The predicted octanol–water partition coefficient (Wildman–Crippen LogP) is 7.16. The zero-order valence-corrected chi connectivity index (χ0v) is 20.7. The maximum Gasteiger partial charge on any atom is 0.227 e. The van der Waals surface area contributed by atoms with Crippen LogP contribution in [0.3, 0.4) is 0 Å². The average Bonchev–Trinajstić information content (AvgIpc) is 3.46. The summed E-state index contributed by atoms with van der Waals surface area (Å²) < 4.78 is 8.21. The first kappa shape index (κ1) is 23.3. The maximum absolute atomic E-state index is 6.17. The molecular weight excluding hydrogens is 468 g/mol. The van der Waals surface area contributed by atoms with E-state index in [0.29, 0.717) is 17.3 Å². The lowest BCUT2D eigenvalue weighted by Crippen LogP contribution is -2.38. The van der Waals surface area contributed by atoms with Gasteiger partial charge in [-0.15, -0.1) is 0 Å². The van der Waals surface area contributed by atoms with Crippen LogP contribution in [0.1, 0.15) is 16.7 Å². The third kappa shape index (κ3) is 4.20. The van der Waals surface area contributed by atoms with E-state index in [1.54, 1.807) is 12.3 Å². The molecule has 0 radical (unpaired) electrons. The van der Waals surface area contributed by atoms with E-state index in [2.05, 4.69) is 84.0 Å².